The standard InChI is InChI=1S/C17H25NO2/c1-17(2)16(13-8-4-6-10-15(13)20-17)18-11-12-7-3-5-9-14(12)19/h4,6,8,10,12,14,16,18-19H,3,5,7,9,11H2,1-2H3. The molecule has 1 aliphatic heterocycles. The maximum absolute atomic E-state index is 10.1. The van der Waals surface area contributed by atoms with Gasteiger partial charge in [-0.25, -0.2) is 0 Å². The third-order valence-corrected chi connectivity index (χ3v) is 4.75. The zero-order valence-corrected chi connectivity index (χ0v) is 12.4. The van der Waals surface area contributed by atoms with E-state index in [0.717, 1.165) is 25.1 Å². The van der Waals surface area contributed by atoms with E-state index in [9.17, 15) is 5.11 Å². The van der Waals surface area contributed by atoms with Crippen LogP contribution in [0.3, 0.4) is 0 Å². The molecule has 2 aliphatic rings. The van der Waals surface area contributed by atoms with E-state index in [4.69, 9.17) is 4.74 Å². The number of ether oxygens (including phenoxy) is 1. The summed E-state index contributed by atoms with van der Waals surface area (Å²) in [5.74, 6) is 1.37. The second kappa shape index (κ2) is 5.38. The van der Waals surface area contributed by atoms with Crippen LogP contribution in [0.1, 0.15) is 51.1 Å². The first-order valence-electron chi connectivity index (χ1n) is 7.77. The summed E-state index contributed by atoms with van der Waals surface area (Å²) in [5.41, 5.74) is 1.01. The molecule has 1 saturated carbocycles. The number of benzene rings is 1. The van der Waals surface area contributed by atoms with Gasteiger partial charge in [0.15, 0.2) is 0 Å². The van der Waals surface area contributed by atoms with Gasteiger partial charge in [0.05, 0.1) is 12.1 Å². The molecule has 0 radical (unpaired) electrons. The molecule has 1 aliphatic carbocycles. The van der Waals surface area contributed by atoms with E-state index >= 15 is 0 Å². The van der Waals surface area contributed by atoms with Gasteiger partial charge in [-0.3, -0.25) is 0 Å². The largest absolute Gasteiger partial charge is 0.486 e. The van der Waals surface area contributed by atoms with Crippen molar-refractivity contribution in [1.29, 1.82) is 0 Å². The molecule has 1 heterocycles. The molecule has 3 nitrogen and oxygen atoms in total. The van der Waals surface area contributed by atoms with Crippen LogP contribution in [0.25, 0.3) is 0 Å². The van der Waals surface area contributed by atoms with Gasteiger partial charge in [0.25, 0.3) is 0 Å². The third kappa shape index (κ3) is 2.57. The van der Waals surface area contributed by atoms with Crippen LogP contribution < -0.4 is 10.1 Å². The predicted octanol–water partition coefficient (Wildman–Crippen LogP) is 3.04. The second-order valence-electron chi connectivity index (χ2n) is 6.70. The van der Waals surface area contributed by atoms with Gasteiger partial charge in [-0.15, -0.1) is 0 Å². The molecule has 1 aromatic rings. The lowest BCUT2D eigenvalue weighted by molar-refractivity contribution is 0.0555. The number of fused-ring (bicyclic) bond motifs is 1. The summed E-state index contributed by atoms with van der Waals surface area (Å²) < 4.78 is 6.05. The lowest BCUT2D eigenvalue weighted by Gasteiger charge is -2.32. The second-order valence-corrected chi connectivity index (χ2v) is 6.70. The molecule has 0 aromatic heterocycles. The monoisotopic (exact) mass is 275 g/mol. The van der Waals surface area contributed by atoms with Crippen LogP contribution in [-0.2, 0) is 0 Å². The van der Waals surface area contributed by atoms with Gasteiger partial charge in [0, 0.05) is 12.1 Å². The molecule has 0 amide bonds. The predicted molar refractivity (Wildman–Crippen MR) is 79.9 cm³/mol. The molecule has 0 bridgehead atoms. The van der Waals surface area contributed by atoms with Gasteiger partial charge in [0.2, 0.25) is 0 Å². The van der Waals surface area contributed by atoms with Crippen LogP contribution in [0, 0.1) is 5.92 Å². The maximum Gasteiger partial charge on any atom is 0.125 e. The Kier molecular flexibility index (Phi) is 3.74. The van der Waals surface area contributed by atoms with Crippen LogP contribution >= 0.6 is 0 Å². The van der Waals surface area contributed by atoms with Gasteiger partial charge in [-0.1, -0.05) is 31.0 Å². The highest BCUT2D eigenvalue weighted by Crippen LogP contribution is 2.42. The number of para-hydroxylation sites is 1. The zero-order valence-electron chi connectivity index (χ0n) is 12.4. The van der Waals surface area contributed by atoms with Crippen molar-refractivity contribution >= 4 is 0 Å². The molecule has 1 aromatic carbocycles. The summed E-state index contributed by atoms with van der Waals surface area (Å²) in [6.45, 7) is 5.12. The molecule has 1 fully saturated rings. The summed E-state index contributed by atoms with van der Waals surface area (Å²) in [4.78, 5) is 0. The summed E-state index contributed by atoms with van der Waals surface area (Å²) in [6.07, 6.45) is 4.34. The van der Waals surface area contributed by atoms with Crippen molar-refractivity contribution in [3.63, 3.8) is 0 Å². The van der Waals surface area contributed by atoms with Crippen LogP contribution in [0.4, 0.5) is 0 Å². The van der Waals surface area contributed by atoms with Crippen LogP contribution in [0.2, 0.25) is 0 Å². The topological polar surface area (TPSA) is 41.5 Å². The molecule has 3 heteroatoms. The Morgan fingerprint density at radius 1 is 1.25 bits per heavy atom. The summed E-state index contributed by atoms with van der Waals surface area (Å²) >= 11 is 0. The molecule has 0 saturated heterocycles. The normalized spacial score (nSPS) is 31.6. The molecule has 3 rings (SSSR count). The molecular weight excluding hydrogens is 250 g/mol. The molecule has 3 atom stereocenters. The molecular formula is C17H25NO2. The number of rotatable bonds is 3. The highest BCUT2D eigenvalue weighted by molar-refractivity contribution is 5.42. The van der Waals surface area contributed by atoms with E-state index in [2.05, 4.69) is 31.3 Å². The van der Waals surface area contributed by atoms with Crippen LogP contribution in [0.5, 0.6) is 5.75 Å². The Morgan fingerprint density at radius 3 is 2.80 bits per heavy atom. The number of aliphatic hydroxyl groups is 1. The smallest absolute Gasteiger partial charge is 0.125 e. The Hall–Kier alpha value is -1.06. The fourth-order valence-corrected chi connectivity index (χ4v) is 3.58. The molecule has 2 N–H and O–H groups in total. The SMILES string of the molecule is CC1(C)Oc2ccccc2C1NCC1CCCCC1O. The quantitative estimate of drug-likeness (QED) is 0.891. The van der Waals surface area contributed by atoms with E-state index in [1.807, 2.05) is 12.1 Å². The van der Waals surface area contributed by atoms with Crippen LogP contribution in [-0.4, -0.2) is 23.4 Å². The van der Waals surface area contributed by atoms with Crippen molar-refractivity contribution in [3.8, 4) is 5.75 Å². The molecule has 3 unspecified atom stereocenters. The Bertz CT molecular complexity index is 472. The average Bonchev–Trinajstić information content (AvgIpc) is 2.68. The van der Waals surface area contributed by atoms with Gasteiger partial charge in [0.1, 0.15) is 11.4 Å². The lowest BCUT2D eigenvalue weighted by atomic mass is 9.85. The summed E-state index contributed by atoms with van der Waals surface area (Å²) in [6, 6.07) is 8.45. The number of hydrogen-bond acceptors (Lipinski definition) is 3. The average molecular weight is 275 g/mol. The highest BCUT2D eigenvalue weighted by atomic mass is 16.5. The van der Waals surface area contributed by atoms with Crippen LogP contribution in [0.15, 0.2) is 24.3 Å². The van der Waals surface area contributed by atoms with Crippen molar-refractivity contribution in [3.05, 3.63) is 29.8 Å². The zero-order chi connectivity index (χ0) is 14.2. The van der Waals surface area contributed by atoms with Gasteiger partial charge < -0.3 is 15.2 Å². The summed E-state index contributed by atoms with van der Waals surface area (Å²) in [5, 5.41) is 13.7. The van der Waals surface area contributed by atoms with Crippen molar-refractivity contribution in [2.24, 2.45) is 5.92 Å². The fraction of sp³-hybridized carbons (Fsp3) is 0.647. The lowest BCUT2D eigenvalue weighted by Crippen LogP contribution is -2.43. The number of nitrogens with one attached hydrogen (secondary N) is 1. The Labute approximate surface area is 121 Å². The minimum absolute atomic E-state index is 0.142. The first-order chi connectivity index (χ1) is 9.58. The van der Waals surface area contributed by atoms with Crippen molar-refractivity contribution in [2.45, 2.75) is 57.3 Å². The summed E-state index contributed by atoms with van der Waals surface area (Å²) in [7, 11) is 0. The molecule has 20 heavy (non-hydrogen) atoms. The van der Waals surface area contributed by atoms with Gasteiger partial charge in [-0.2, -0.15) is 0 Å². The number of aliphatic hydroxyl groups excluding tert-OH is 1. The van der Waals surface area contributed by atoms with E-state index in [0.29, 0.717) is 5.92 Å². The van der Waals surface area contributed by atoms with Crippen molar-refractivity contribution in [1.82, 2.24) is 5.32 Å². The van der Waals surface area contributed by atoms with Gasteiger partial charge >= 0.3 is 0 Å². The number of hydrogen-bond donors (Lipinski definition) is 2. The first-order valence-corrected chi connectivity index (χ1v) is 7.77. The van der Waals surface area contributed by atoms with E-state index < -0.39 is 0 Å². The molecule has 110 valence electrons. The minimum atomic E-state index is -0.233. The maximum atomic E-state index is 10.1. The Balaban J connectivity index is 1.70. The van der Waals surface area contributed by atoms with E-state index in [-0.39, 0.29) is 17.7 Å². The third-order valence-electron chi connectivity index (χ3n) is 4.75. The van der Waals surface area contributed by atoms with E-state index in [1.165, 1.54) is 18.4 Å². The highest BCUT2D eigenvalue weighted by Gasteiger charge is 2.41. The van der Waals surface area contributed by atoms with Gasteiger partial charge in [-0.05, 0) is 38.7 Å². The van der Waals surface area contributed by atoms with E-state index in [1.54, 1.807) is 0 Å². The van der Waals surface area contributed by atoms with Crippen molar-refractivity contribution in [2.75, 3.05) is 6.54 Å². The minimum Gasteiger partial charge on any atom is -0.486 e. The first kappa shape index (κ1) is 13.9. The Morgan fingerprint density at radius 2 is 2.00 bits per heavy atom. The van der Waals surface area contributed by atoms with Crippen molar-refractivity contribution < 1.29 is 9.84 Å². The fourth-order valence-electron chi connectivity index (χ4n) is 3.58. The molecule has 0 spiro atoms.